The Morgan fingerprint density at radius 2 is 2.31 bits per heavy atom. The van der Waals surface area contributed by atoms with Gasteiger partial charge in [-0.05, 0) is 31.4 Å². The maximum absolute atomic E-state index is 5.92. The molecule has 1 aliphatic carbocycles. The smallest absolute Gasteiger partial charge is 0.0470 e. The minimum absolute atomic E-state index is 0.466. The second kappa shape index (κ2) is 6.68. The van der Waals surface area contributed by atoms with E-state index in [-0.39, 0.29) is 0 Å². The summed E-state index contributed by atoms with van der Waals surface area (Å²) in [6.45, 7) is 0.895. The summed E-state index contributed by atoms with van der Waals surface area (Å²) in [7, 11) is 1.77. The summed E-state index contributed by atoms with van der Waals surface area (Å²) in [5, 5.41) is 0.820. The Morgan fingerprint density at radius 1 is 1.46 bits per heavy atom. The van der Waals surface area contributed by atoms with Crippen molar-refractivity contribution in [2.45, 2.75) is 43.4 Å². The fraction of sp³-hybridized carbons (Fsp3) is 1.00. The maximum atomic E-state index is 5.92. The molecular formula is C10H21NOS. The monoisotopic (exact) mass is 203 g/mol. The molecule has 2 atom stereocenters. The highest BCUT2D eigenvalue weighted by Gasteiger charge is 2.18. The number of nitrogens with two attached hydrogens (primary N) is 1. The largest absolute Gasteiger partial charge is 0.385 e. The van der Waals surface area contributed by atoms with E-state index in [1.54, 1.807) is 7.11 Å². The molecule has 0 radical (unpaired) electrons. The molecule has 1 rings (SSSR count). The van der Waals surface area contributed by atoms with Crippen molar-refractivity contribution in [2.24, 2.45) is 5.73 Å². The van der Waals surface area contributed by atoms with Crippen LogP contribution in [0.4, 0.5) is 0 Å². The average molecular weight is 203 g/mol. The van der Waals surface area contributed by atoms with Gasteiger partial charge in [-0.3, -0.25) is 0 Å². The highest BCUT2D eigenvalue weighted by molar-refractivity contribution is 7.99. The molecule has 0 spiro atoms. The number of rotatable bonds is 5. The van der Waals surface area contributed by atoms with Crippen molar-refractivity contribution in [3.05, 3.63) is 0 Å². The summed E-state index contributed by atoms with van der Waals surface area (Å²) >= 11 is 2.08. The number of hydrogen-bond donors (Lipinski definition) is 1. The molecule has 2 N–H and O–H groups in total. The highest BCUT2D eigenvalue weighted by atomic mass is 32.2. The van der Waals surface area contributed by atoms with Crippen molar-refractivity contribution < 1.29 is 4.74 Å². The quantitative estimate of drug-likeness (QED) is 0.694. The number of ether oxygens (including phenoxy) is 1. The highest BCUT2D eigenvalue weighted by Crippen LogP contribution is 2.27. The summed E-state index contributed by atoms with van der Waals surface area (Å²) in [4.78, 5) is 0. The van der Waals surface area contributed by atoms with E-state index in [1.807, 2.05) is 0 Å². The molecule has 0 bridgehead atoms. The molecule has 0 aromatic heterocycles. The van der Waals surface area contributed by atoms with Gasteiger partial charge in [-0.2, -0.15) is 11.8 Å². The van der Waals surface area contributed by atoms with Gasteiger partial charge in [-0.1, -0.05) is 6.42 Å². The number of methoxy groups -OCH3 is 1. The van der Waals surface area contributed by atoms with Gasteiger partial charge in [0.25, 0.3) is 0 Å². The first-order valence-electron chi connectivity index (χ1n) is 5.19. The molecule has 0 saturated heterocycles. The van der Waals surface area contributed by atoms with Crippen molar-refractivity contribution >= 4 is 11.8 Å². The molecule has 0 heterocycles. The van der Waals surface area contributed by atoms with Crippen molar-refractivity contribution in [1.82, 2.24) is 0 Å². The van der Waals surface area contributed by atoms with Crippen molar-refractivity contribution in [1.29, 1.82) is 0 Å². The predicted octanol–water partition coefficient (Wildman–Crippen LogP) is 2.03. The van der Waals surface area contributed by atoms with E-state index >= 15 is 0 Å². The van der Waals surface area contributed by atoms with Crippen molar-refractivity contribution in [3.63, 3.8) is 0 Å². The van der Waals surface area contributed by atoms with E-state index in [9.17, 15) is 0 Å². The first-order chi connectivity index (χ1) is 6.33. The lowest BCUT2D eigenvalue weighted by Crippen LogP contribution is -2.29. The fourth-order valence-corrected chi connectivity index (χ4v) is 3.12. The van der Waals surface area contributed by atoms with Gasteiger partial charge in [0.15, 0.2) is 0 Å². The first-order valence-corrected chi connectivity index (χ1v) is 6.24. The fourth-order valence-electron chi connectivity index (χ4n) is 1.79. The molecule has 0 aromatic rings. The van der Waals surface area contributed by atoms with Crippen LogP contribution in [0.5, 0.6) is 0 Å². The molecule has 78 valence electrons. The zero-order valence-corrected chi connectivity index (χ0v) is 9.31. The van der Waals surface area contributed by atoms with E-state index in [2.05, 4.69) is 11.8 Å². The number of thioether (sulfide) groups is 1. The van der Waals surface area contributed by atoms with Gasteiger partial charge < -0.3 is 10.5 Å². The third kappa shape index (κ3) is 4.89. The summed E-state index contributed by atoms with van der Waals surface area (Å²) in [5.41, 5.74) is 5.92. The van der Waals surface area contributed by atoms with Gasteiger partial charge >= 0.3 is 0 Å². The molecule has 2 unspecified atom stereocenters. The molecule has 3 heteroatoms. The molecule has 1 saturated carbocycles. The Bertz CT molecular complexity index is 132. The Labute approximate surface area is 85.6 Å². The Kier molecular flexibility index (Phi) is 5.83. The average Bonchev–Trinajstić information content (AvgIpc) is 2.13. The maximum Gasteiger partial charge on any atom is 0.0470 e. The lowest BCUT2D eigenvalue weighted by molar-refractivity contribution is 0.200. The normalized spacial score (nSPS) is 29.1. The molecule has 0 amide bonds. The molecule has 0 aliphatic heterocycles. The number of hydrogen-bond acceptors (Lipinski definition) is 3. The topological polar surface area (TPSA) is 35.2 Å². The standard InChI is InChI=1S/C10H21NOS/c1-12-6-3-7-13-10-5-2-4-9(11)8-10/h9-10H,2-8,11H2,1H3. The van der Waals surface area contributed by atoms with Crippen LogP contribution in [0.15, 0.2) is 0 Å². The third-order valence-corrected chi connectivity index (χ3v) is 3.94. The SMILES string of the molecule is COCCCSC1CCCC(N)C1. The van der Waals surface area contributed by atoms with Gasteiger partial charge in [0.05, 0.1) is 0 Å². The molecule has 1 aliphatic rings. The van der Waals surface area contributed by atoms with Crippen LogP contribution in [0.2, 0.25) is 0 Å². The van der Waals surface area contributed by atoms with E-state index in [0.717, 1.165) is 11.9 Å². The van der Waals surface area contributed by atoms with Gasteiger partial charge in [0.2, 0.25) is 0 Å². The molecule has 13 heavy (non-hydrogen) atoms. The summed E-state index contributed by atoms with van der Waals surface area (Å²) in [6, 6.07) is 0.466. The lowest BCUT2D eigenvalue weighted by Gasteiger charge is -2.25. The van der Waals surface area contributed by atoms with Crippen LogP contribution >= 0.6 is 11.8 Å². The summed E-state index contributed by atoms with van der Waals surface area (Å²) in [6.07, 6.45) is 6.31. The predicted molar refractivity (Wildman–Crippen MR) is 59.2 cm³/mol. The molecule has 0 aromatic carbocycles. The van der Waals surface area contributed by atoms with Crippen LogP contribution in [0.3, 0.4) is 0 Å². The minimum Gasteiger partial charge on any atom is -0.385 e. The second-order valence-corrected chi connectivity index (χ2v) is 5.17. The van der Waals surface area contributed by atoms with Crippen LogP contribution in [0, 0.1) is 0 Å². The van der Waals surface area contributed by atoms with E-state index in [0.29, 0.717) is 6.04 Å². The van der Waals surface area contributed by atoms with Crippen molar-refractivity contribution in [3.8, 4) is 0 Å². The van der Waals surface area contributed by atoms with Gasteiger partial charge in [0, 0.05) is 25.0 Å². The van der Waals surface area contributed by atoms with Crippen LogP contribution in [-0.4, -0.2) is 30.8 Å². The Balaban J connectivity index is 2.00. The van der Waals surface area contributed by atoms with Crippen LogP contribution in [0.25, 0.3) is 0 Å². The molecule has 2 nitrogen and oxygen atoms in total. The van der Waals surface area contributed by atoms with Crippen LogP contribution in [0.1, 0.15) is 32.1 Å². The van der Waals surface area contributed by atoms with Crippen LogP contribution < -0.4 is 5.73 Å². The third-order valence-electron chi connectivity index (χ3n) is 2.51. The minimum atomic E-state index is 0.466. The summed E-state index contributed by atoms with van der Waals surface area (Å²) in [5.74, 6) is 1.23. The van der Waals surface area contributed by atoms with E-state index in [4.69, 9.17) is 10.5 Å². The van der Waals surface area contributed by atoms with Gasteiger partial charge in [-0.25, -0.2) is 0 Å². The van der Waals surface area contributed by atoms with Crippen LogP contribution in [-0.2, 0) is 4.74 Å². The molecular weight excluding hydrogens is 182 g/mol. The molecule has 1 fully saturated rings. The lowest BCUT2D eigenvalue weighted by atomic mass is 9.96. The zero-order valence-electron chi connectivity index (χ0n) is 8.50. The first kappa shape index (κ1) is 11.3. The summed E-state index contributed by atoms with van der Waals surface area (Å²) < 4.78 is 5.01. The Morgan fingerprint density at radius 3 is 3.00 bits per heavy atom. The van der Waals surface area contributed by atoms with E-state index < -0.39 is 0 Å². The second-order valence-electron chi connectivity index (χ2n) is 3.77. The van der Waals surface area contributed by atoms with Crippen molar-refractivity contribution in [2.75, 3.05) is 19.5 Å². The Hall–Kier alpha value is 0.270. The van der Waals surface area contributed by atoms with E-state index in [1.165, 1.54) is 37.9 Å². The van der Waals surface area contributed by atoms with Gasteiger partial charge in [0.1, 0.15) is 0 Å². The van der Waals surface area contributed by atoms with Gasteiger partial charge in [-0.15, -0.1) is 0 Å². The zero-order chi connectivity index (χ0) is 9.52.